The summed E-state index contributed by atoms with van der Waals surface area (Å²) in [6.45, 7) is 3.22. The third-order valence-corrected chi connectivity index (χ3v) is 5.40. The maximum absolute atomic E-state index is 12.6. The number of rotatable bonds is 4. The Morgan fingerprint density at radius 3 is 2.61 bits per heavy atom. The summed E-state index contributed by atoms with van der Waals surface area (Å²) in [5.41, 5.74) is 3.20. The lowest BCUT2D eigenvalue weighted by Gasteiger charge is -2.28. The maximum Gasteiger partial charge on any atom is 0.259 e. The van der Waals surface area contributed by atoms with E-state index in [4.69, 9.17) is 9.72 Å². The van der Waals surface area contributed by atoms with Gasteiger partial charge in [-0.25, -0.2) is 4.98 Å². The SMILES string of the molecule is O=c1[nH]ccc2cc(-c3cccc(O)c3)nc(Nc3ccc(N4CCOCC4)cc3)c12. The van der Waals surface area contributed by atoms with E-state index in [0.29, 0.717) is 16.9 Å². The van der Waals surface area contributed by atoms with Crippen molar-refractivity contribution in [3.63, 3.8) is 0 Å². The number of phenolic OH excluding ortho intramolecular Hbond substituents is 1. The number of phenols is 1. The van der Waals surface area contributed by atoms with Crippen LogP contribution in [0.2, 0.25) is 0 Å². The Morgan fingerprint density at radius 1 is 1.03 bits per heavy atom. The number of nitrogens with one attached hydrogen (secondary N) is 2. The van der Waals surface area contributed by atoms with E-state index in [2.05, 4.69) is 27.3 Å². The number of ether oxygens (including phenoxy) is 1. The largest absolute Gasteiger partial charge is 0.508 e. The quantitative estimate of drug-likeness (QED) is 0.470. The first kappa shape index (κ1) is 19.1. The Labute approximate surface area is 178 Å². The van der Waals surface area contributed by atoms with Gasteiger partial charge in [-0.15, -0.1) is 0 Å². The van der Waals surface area contributed by atoms with E-state index in [0.717, 1.165) is 48.6 Å². The number of aromatic hydroxyl groups is 1. The molecule has 4 aromatic rings. The van der Waals surface area contributed by atoms with Gasteiger partial charge in [0.05, 0.1) is 24.3 Å². The van der Waals surface area contributed by atoms with Gasteiger partial charge >= 0.3 is 0 Å². The molecular weight excluding hydrogens is 392 g/mol. The summed E-state index contributed by atoms with van der Waals surface area (Å²) in [4.78, 5) is 22.3. The molecule has 1 saturated heterocycles. The highest BCUT2D eigenvalue weighted by Gasteiger charge is 2.13. The molecule has 31 heavy (non-hydrogen) atoms. The Balaban J connectivity index is 1.53. The molecule has 1 aliphatic heterocycles. The Morgan fingerprint density at radius 2 is 1.84 bits per heavy atom. The van der Waals surface area contributed by atoms with Crippen molar-refractivity contribution in [3.05, 3.63) is 77.2 Å². The summed E-state index contributed by atoms with van der Waals surface area (Å²) in [5.74, 6) is 0.635. The zero-order valence-electron chi connectivity index (χ0n) is 16.8. The van der Waals surface area contributed by atoms with E-state index in [9.17, 15) is 9.90 Å². The fraction of sp³-hybridized carbons (Fsp3) is 0.167. The molecule has 2 aromatic heterocycles. The van der Waals surface area contributed by atoms with Gasteiger partial charge in [0.1, 0.15) is 11.6 Å². The molecule has 0 amide bonds. The monoisotopic (exact) mass is 414 g/mol. The summed E-state index contributed by atoms with van der Waals surface area (Å²) in [5, 5.41) is 14.4. The molecule has 7 nitrogen and oxygen atoms in total. The van der Waals surface area contributed by atoms with Crippen LogP contribution in [-0.4, -0.2) is 41.4 Å². The maximum atomic E-state index is 12.6. The molecule has 156 valence electrons. The van der Waals surface area contributed by atoms with Crippen molar-refractivity contribution in [1.29, 1.82) is 0 Å². The lowest BCUT2D eigenvalue weighted by Crippen LogP contribution is -2.36. The van der Waals surface area contributed by atoms with Gasteiger partial charge in [0, 0.05) is 36.2 Å². The minimum absolute atomic E-state index is 0.165. The molecule has 1 aliphatic rings. The normalized spacial score (nSPS) is 14.0. The van der Waals surface area contributed by atoms with Crippen LogP contribution in [0.3, 0.4) is 0 Å². The Hall–Kier alpha value is -3.84. The molecule has 3 heterocycles. The molecule has 0 radical (unpaired) electrons. The first-order valence-corrected chi connectivity index (χ1v) is 10.2. The third-order valence-electron chi connectivity index (χ3n) is 5.40. The molecule has 1 fully saturated rings. The number of aromatic amines is 1. The predicted molar refractivity (Wildman–Crippen MR) is 122 cm³/mol. The molecular formula is C24H22N4O3. The molecule has 5 rings (SSSR count). The second-order valence-electron chi connectivity index (χ2n) is 7.45. The fourth-order valence-electron chi connectivity index (χ4n) is 3.83. The fourth-order valence-corrected chi connectivity index (χ4v) is 3.83. The van der Waals surface area contributed by atoms with Crippen molar-refractivity contribution < 1.29 is 9.84 Å². The summed E-state index contributed by atoms with van der Waals surface area (Å²) < 4.78 is 5.42. The molecule has 0 saturated carbocycles. The summed E-state index contributed by atoms with van der Waals surface area (Å²) >= 11 is 0. The standard InChI is InChI=1S/C24H22N4O3/c29-20-3-1-2-16(14-20)21-15-17-8-9-25-24(30)22(17)23(27-21)26-18-4-6-19(7-5-18)28-10-12-31-13-11-28/h1-9,14-15,29H,10-13H2,(H,25,30)(H,26,27). The molecule has 3 N–H and O–H groups in total. The number of aromatic nitrogens is 2. The van der Waals surface area contributed by atoms with Crippen LogP contribution in [0.4, 0.5) is 17.2 Å². The van der Waals surface area contributed by atoms with Crippen LogP contribution in [-0.2, 0) is 4.74 Å². The van der Waals surface area contributed by atoms with Gasteiger partial charge in [-0.3, -0.25) is 4.79 Å². The number of pyridine rings is 2. The van der Waals surface area contributed by atoms with Crippen LogP contribution in [0.25, 0.3) is 22.0 Å². The second-order valence-corrected chi connectivity index (χ2v) is 7.45. The Kier molecular flexibility index (Phi) is 5.01. The topological polar surface area (TPSA) is 90.5 Å². The van der Waals surface area contributed by atoms with Gasteiger partial charge in [-0.05, 0) is 53.9 Å². The second kappa shape index (κ2) is 8.12. The summed E-state index contributed by atoms with van der Waals surface area (Å²) in [6, 6.07) is 18.7. The van der Waals surface area contributed by atoms with Crippen LogP contribution < -0.4 is 15.8 Å². The number of fused-ring (bicyclic) bond motifs is 1. The van der Waals surface area contributed by atoms with Crippen molar-refractivity contribution in [2.24, 2.45) is 0 Å². The zero-order valence-corrected chi connectivity index (χ0v) is 16.8. The highest BCUT2D eigenvalue weighted by atomic mass is 16.5. The minimum atomic E-state index is -0.208. The predicted octanol–water partition coefficient (Wildman–Crippen LogP) is 3.88. The van der Waals surface area contributed by atoms with Crippen molar-refractivity contribution in [2.45, 2.75) is 0 Å². The van der Waals surface area contributed by atoms with Crippen LogP contribution in [0.1, 0.15) is 0 Å². The highest BCUT2D eigenvalue weighted by molar-refractivity contribution is 5.95. The molecule has 0 aliphatic carbocycles. The van der Waals surface area contributed by atoms with Gasteiger partial charge in [0.15, 0.2) is 0 Å². The van der Waals surface area contributed by atoms with Crippen molar-refractivity contribution in [2.75, 3.05) is 36.5 Å². The number of hydrogen-bond acceptors (Lipinski definition) is 6. The van der Waals surface area contributed by atoms with Crippen molar-refractivity contribution >= 4 is 28.0 Å². The van der Waals surface area contributed by atoms with E-state index in [1.807, 2.05) is 30.3 Å². The number of benzene rings is 2. The van der Waals surface area contributed by atoms with E-state index in [-0.39, 0.29) is 11.3 Å². The number of H-pyrrole nitrogens is 1. The van der Waals surface area contributed by atoms with Crippen LogP contribution >= 0.6 is 0 Å². The molecule has 0 atom stereocenters. The minimum Gasteiger partial charge on any atom is -0.508 e. The average molecular weight is 414 g/mol. The first-order chi connectivity index (χ1) is 15.2. The molecule has 0 bridgehead atoms. The number of morpholine rings is 1. The van der Waals surface area contributed by atoms with Crippen LogP contribution in [0.5, 0.6) is 5.75 Å². The van der Waals surface area contributed by atoms with Gasteiger partial charge < -0.3 is 25.0 Å². The van der Waals surface area contributed by atoms with E-state index < -0.39 is 0 Å². The lowest BCUT2D eigenvalue weighted by atomic mass is 10.1. The van der Waals surface area contributed by atoms with Gasteiger partial charge in [0.2, 0.25) is 0 Å². The summed E-state index contributed by atoms with van der Waals surface area (Å²) in [6.07, 6.45) is 1.62. The van der Waals surface area contributed by atoms with E-state index >= 15 is 0 Å². The van der Waals surface area contributed by atoms with Crippen LogP contribution in [0, 0.1) is 0 Å². The third kappa shape index (κ3) is 3.95. The van der Waals surface area contributed by atoms with Crippen LogP contribution in [0.15, 0.2) is 71.7 Å². The molecule has 2 aromatic carbocycles. The molecule has 0 spiro atoms. The van der Waals surface area contributed by atoms with Crippen molar-refractivity contribution in [3.8, 4) is 17.0 Å². The van der Waals surface area contributed by atoms with Gasteiger partial charge in [-0.1, -0.05) is 12.1 Å². The Bertz CT molecular complexity index is 1280. The zero-order chi connectivity index (χ0) is 21.2. The molecule has 7 heteroatoms. The average Bonchev–Trinajstić information content (AvgIpc) is 2.80. The van der Waals surface area contributed by atoms with Gasteiger partial charge in [-0.2, -0.15) is 0 Å². The van der Waals surface area contributed by atoms with Crippen molar-refractivity contribution in [1.82, 2.24) is 9.97 Å². The lowest BCUT2D eigenvalue weighted by molar-refractivity contribution is 0.122. The van der Waals surface area contributed by atoms with E-state index in [1.54, 1.807) is 24.4 Å². The number of hydrogen-bond donors (Lipinski definition) is 3. The first-order valence-electron chi connectivity index (χ1n) is 10.2. The summed E-state index contributed by atoms with van der Waals surface area (Å²) in [7, 11) is 0. The van der Waals surface area contributed by atoms with Gasteiger partial charge in [0.25, 0.3) is 5.56 Å². The number of anilines is 3. The smallest absolute Gasteiger partial charge is 0.259 e. The van der Waals surface area contributed by atoms with E-state index in [1.165, 1.54) is 0 Å². The number of nitrogens with zero attached hydrogens (tertiary/aromatic N) is 2. The highest BCUT2D eigenvalue weighted by Crippen LogP contribution is 2.29. The molecule has 0 unspecified atom stereocenters.